The third-order valence-electron chi connectivity index (χ3n) is 7.38. The van der Waals surface area contributed by atoms with Gasteiger partial charge in [0.05, 0.1) is 24.8 Å². The van der Waals surface area contributed by atoms with Crippen LogP contribution in [0, 0.1) is 5.92 Å². The number of carbonyl (C=O) groups excluding carboxylic acids is 4. The van der Waals surface area contributed by atoms with Crippen molar-refractivity contribution in [3.63, 3.8) is 0 Å². The summed E-state index contributed by atoms with van der Waals surface area (Å²) in [7, 11) is 3.42. The molecule has 0 aliphatic carbocycles. The van der Waals surface area contributed by atoms with E-state index in [9.17, 15) is 19.2 Å². The number of carbonyl (C=O) groups is 4. The summed E-state index contributed by atoms with van der Waals surface area (Å²) in [5.74, 6) is 0.646. The Kier molecular flexibility index (Phi) is 15.3. The van der Waals surface area contributed by atoms with Gasteiger partial charge in [0.15, 0.2) is 6.29 Å². The van der Waals surface area contributed by atoms with Gasteiger partial charge in [0, 0.05) is 20.1 Å². The molecule has 0 spiro atoms. The number of para-hydroxylation sites is 1. The van der Waals surface area contributed by atoms with Gasteiger partial charge >= 0.3 is 0 Å². The Hall–Kier alpha value is -2.94. The Balaban J connectivity index is 1.55. The molecule has 0 radical (unpaired) electrons. The lowest BCUT2D eigenvalue weighted by Gasteiger charge is -2.31. The predicted molar refractivity (Wildman–Crippen MR) is 157 cm³/mol. The molecule has 3 amide bonds. The van der Waals surface area contributed by atoms with Crippen molar-refractivity contribution in [1.82, 2.24) is 20.4 Å². The van der Waals surface area contributed by atoms with Crippen LogP contribution < -0.4 is 15.4 Å². The lowest BCUT2D eigenvalue weighted by atomic mass is 10.0. The summed E-state index contributed by atoms with van der Waals surface area (Å²) in [4.78, 5) is 52.7. The van der Waals surface area contributed by atoms with Gasteiger partial charge in [-0.25, -0.2) is 0 Å². The maximum Gasteiger partial charge on any atom is 0.245 e. The molecule has 2 atom stereocenters. The van der Waals surface area contributed by atoms with Gasteiger partial charge < -0.3 is 25.2 Å². The van der Waals surface area contributed by atoms with Crippen LogP contribution in [-0.2, 0) is 14.4 Å². The van der Waals surface area contributed by atoms with Crippen LogP contribution in [-0.4, -0.2) is 86.2 Å². The number of aldehydes is 1. The molecule has 2 N–H and O–H groups in total. The van der Waals surface area contributed by atoms with Gasteiger partial charge in [0.25, 0.3) is 0 Å². The topological polar surface area (TPSA) is 108 Å². The average Bonchev–Trinajstić information content (AvgIpc) is 3.43. The van der Waals surface area contributed by atoms with Gasteiger partial charge in [-0.3, -0.25) is 19.2 Å². The van der Waals surface area contributed by atoms with Gasteiger partial charge in [-0.05, 0) is 57.2 Å². The molecule has 1 aromatic rings. The fourth-order valence-electron chi connectivity index (χ4n) is 5.13. The van der Waals surface area contributed by atoms with Crippen LogP contribution in [0.4, 0.5) is 0 Å². The van der Waals surface area contributed by atoms with E-state index in [2.05, 4.69) is 24.5 Å². The zero-order chi connectivity index (χ0) is 29.3. The van der Waals surface area contributed by atoms with Gasteiger partial charge in [-0.2, -0.15) is 0 Å². The second-order valence-corrected chi connectivity index (χ2v) is 11.2. The van der Waals surface area contributed by atoms with Crippen molar-refractivity contribution in [2.24, 2.45) is 5.92 Å². The minimum atomic E-state index is -0.493. The molecule has 9 nitrogen and oxygen atoms in total. The molecule has 2 rings (SSSR count). The fraction of sp³-hybridized carbons (Fsp3) is 0.677. The number of hydrogen-bond donors (Lipinski definition) is 2. The van der Waals surface area contributed by atoms with Crippen molar-refractivity contribution < 1.29 is 23.9 Å². The number of rotatable bonds is 19. The van der Waals surface area contributed by atoms with Crippen LogP contribution in [0.1, 0.15) is 88.4 Å². The second kappa shape index (κ2) is 18.4. The maximum absolute atomic E-state index is 13.1. The fourth-order valence-corrected chi connectivity index (χ4v) is 5.13. The third kappa shape index (κ3) is 11.3. The summed E-state index contributed by atoms with van der Waals surface area (Å²) in [5.41, 5.74) is 0.583. The first-order chi connectivity index (χ1) is 19.3. The third-order valence-corrected chi connectivity index (χ3v) is 7.38. The van der Waals surface area contributed by atoms with Crippen LogP contribution in [0.3, 0.4) is 0 Å². The van der Waals surface area contributed by atoms with Gasteiger partial charge in [-0.15, -0.1) is 0 Å². The standard InChI is InChI=1S/C31H50N4O5/c1-24(2)21-26(32-3)30(38)35-19-14-16-27(35)31(39)34(4)22-29(37)33-18-12-8-6-5-7-9-13-20-40-28-17-11-10-15-25(28)23-36/h10-11,15,17,23-24,26-27,32H,5-9,12-14,16,18-22H2,1-4H3,(H,33,37). The summed E-state index contributed by atoms with van der Waals surface area (Å²) in [5, 5.41) is 6.02. The Morgan fingerprint density at radius 2 is 1.75 bits per heavy atom. The summed E-state index contributed by atoms with van der Waals surface area (Å²) < 4.78 is 5.71. The number of ether oxygens (including phenoxy) is 1. The number of hydrogen-bond acceptors (Lipinski definition) is 6. The zero-order valence-corrected chi connectivity index (χ0v) is 25.0. The van der Waals surface area contributed by atoms with Crippen LogP contribution in [0.15, 0.2) is 24.3 Å². The number of unbranched alkanes of at least 4 members (excludes halogenated alkanes) is 6. The lowest BCUT2D eigenvalue weighted by molar-refractivity contribution is -0.145. The van der Waals surface area contributed by atoms with Gasteiger partial charge in [0.1, 0.15) is 11.8 Å². The molecular weight excluding hydrogens is 508 g/mol. The Morgan fingerprint density at radius 3 is 2.42 bits per heavy atom. The van der Waals surface area contributed by atoms with E-state index in [1.807, 2.05) is 18.2 Å². The van der Waals surface area contributed by atoms with E-state index in [0.717, 1.165) is 64.1 Å². The minimum Gasteiger partial charge on any atom is -0.493 e. The van der Waals surface area contributed by atoms with Crippen molar-refractivity contribution in [3.8, 4) is 5.75 Å². The smallest absolute Gasteiger partial charge is 0.245 e. The first-order valence-electron chi connectivity index (χ1n) is 14.9. The summed E-state index contributed by atoms with van der Waals surface area (Å²) in [6.07, 6.45) is 10.3. The van der Waals surface area contributed by atoms with Crippen molar-refractivity contribution >= 4 is 24.0 Å². The highest BCUT2D eigenvalue weighted by Gasteiger charge is 2.38. The highest BCUT2D eigenvalue weighted by molar-refractivity contribution is 5.92. The van der Waals surface area contributed by atoms with E-state index in [1.54, 1.807) is 25.1 Å². The van der Waals surface area contributed by atoms with E-state index >= 15 is 0 Å². The molecule has 0 saturated carbocycles. The van der Waals surface area contributed by atoms with E-state index in [1.165, 1.54) is 4.90 Å². The zero-order valence-electron chi connectivity index (χ0n) is 25.0. The van der Waals surface area contributed by atoms with Crippen LogP contribution in [0.2, 0.25) is 0 Å². The van der Waals surface area contributed by atoms with Gasteiger partial charge in [-0.1, -0.05) is 58.1 Å². The Labute approximate surface area is 240 Å². The Morgan fingerprint density at radius 1 is 1.07 bits per heavy atom. The van der Waals surface area contributed by atoms with E-state index < -0.39 is 6.04 Å². The first kappa shape index (κ1) is 33.3. The maximum atomic E-state index is 13.1. The summed E-state index contributed by atoms with van der Waals surface area (Å²) in [6, 6.07) is 6.47. The minimum absolute atomic E-state index is 0.00178. The molecule has 1 aliphatic rings. The molecule has 2 unspecified atom stereocenters. The van der Waals surface area contributed by atoms with Crippen molar-refractivity contribution in [3.05, 3.63) is 29.8 Å². The molecule has 1 heterocycles. The van der Waals surface area contributed by atoms with Crippen LogP contribution in [0.5, 0.6) is 5.75 Å². The van der Waals surface area contributed by atoms with Crippen molar-refractivity contribution in [2.75, 3.05) is 40.3 Å². The summed E-state index contributed by atoms with van der Waals surface area (Å²) in [6.45, 7) is 5.94. The second-order valence-electron chi connectivity index (χ2n) is 11.2. The predicted octanol–water partition coefficient (Wildman–Crippen LogP) is 3.81. The SMILES string of the molecule is CNC(CC(C)C)C(=O)N1CCCC1C(=O)N(C)CC(=O)NCCCCCCCCCOc1ccccc1C=O. The van der Waals surface area contributed by atoms with Crippen LogP contribution >= 0.6 is 0 Å². The van der Waals surface area contributed by atoms with E-state index in [-0.39, 0.29) is 30.3 Å². The molecule has 0 aromatic heterocycles. The first-order valence-corrected chi connectivity index (χ1v) is 14.9. The van der Waals surface area contributed by atoms with Crippen molar-refractivity contribution in [2.45, 2.75) is 90.1 Å². The number of likely N-dealkylation sites (tertiary alicyclic amines) is 1. The number of likely N-dealkylation sites (N-methyl/N-ethyl adjacent to an activating group) is 2. The molecule has 0 bridgehead atoms. The number of nitrogens with zero attached hydrogens (tertiary/aromatic N) is 2. The molecule has 1 saturated heterocycles. The monoisotopic (exact) mass is 558 g/mol. The van der Waals surface area contributed by atoms with Crippen molar-refractivity contribution in [1.29, 1.82) is 0 Å². The molecule has 40 heavy (non-hydrogen) atoms. The Bertz CT molecular complexity index is 938. The quantitative estimate of drug-likeness (QED) is 0.198. The largest absolute Gasteiger partial charge is 0.493 e. The molecule has 1 fully saturated rings. The normalized spacial score (nSPS) is 15.6. The number of benzene rings is 1. The molecule has 1 aromatic carbocycles. The highest BCUT2D eigenvalue weighted by Crippen LogP contribution is 2.22. The van der Waals surface area contributed by atoms with E-state index in [4.69, 9.17) is 4.74 Å². The molecule has 9 heteroatoms. The van der Waals surface area contributed by atoms with Gasteiger partial charge in [0.2, 0.25) is 17.7 Å². The number of nitrogens with one attached hydrogen (secondary N) is 2. The van der Waals surface area contributed by atoms with E-state index in [0.29, 0.717) is 43.3 Å². The molecule has 1 aliphatic heterocycles. The lowest BCUT2D eigenvalue weighted by Crippen LogP contribution is -2.53. The average molecular weight is 559 g/mol. The van der Waals surface area contributed by atoms with Crippen LogP contribution in [0.25, 0.3) is 0 Å². The highest BCUT2D eigenvalue weighted by atomic mass is 16.5. The number of amides is 3. The summed E-state index contributed by atoms with van der Waals surface area (Å²) >= 11 is 0. The molecular formula is C31H50N4O5. The molecule has 224 valence electrons.